The molecule has 5 heteroatoms. The Labute approximate surface area is 106 Å². The van der Waals surface area contributed by atoms with Crippen LogP contribution in [0.5, 0.6) is 0 Å². The van der Waals surface area contributed by atoms with Crippen molar-refractivity contribution in [2.24, 2.45) is 0 Å². The summed E-state index contributed by atoms with van der Waals surface area (Å²) in [6, 6.07) is 3.00. The molecule has 1 aromatic heterocycles. The number of nitrogens with zero attached hydrogens (tertiary/aromatic N) is 1. The quantitative estimate of drug-likeness (QED) is 0.642. The van der Waals surface area contributed by atoms with Crippen LogP contribution >= 0.6 is 0 Å². The van der Waals surface area contributed by atoms with E-state index in [0.717, 1.165) is 6.08 Å². The van der Waals surface area contributed by atoms with E-state index >= 15 is 0 Å². The molecule has 1 rings (SSSR count). The highest BCUT2D eigenvalue weighted by molar-refractivity contribution is 5.85. The Bertz CT molecular complexity index is 459. The molecule has 0 spiro atoms. The van der Waals surface area contributed by atoms with Crippen LogP contribution in [0.4, 0.5) is 0 Å². The summed E-state index contributed by atoms with van der Waals surface area (Å²) in [4.78, 5) is 22.2. The van der Waals surface area contributed by atoms with Gasteiger partial charge >= 0.3 is 11.9 Å². The number of ether oxygens (including phenoxy) is 1. The normalized spacial score (nSPS) is 12.9. The van der Waals surface area contributed by atoms with Gasteiger partial charge in [0, 0.05) is 18.0 Å². The minimum absolute atomic E-state index is 0.173. The first kappa shape index (κ1) is 14.0. The molecule has 1 aromatic rings. The summed E-state index contributed by atoms with van der Waals surface area (Å²) in [5, 5.41) is 8.58. The predicted molar refractivity (Wildman–Crippen MR) is 67.0 cm³/mol. The van der Waals surface area contributed by atoms with Gasteiger partial charge in [0.1, 0.15) is 6.04 Å². The zero-order valence-corrected chi connectivity index (χ0v) is 10.7. The smallest absolute Gasteiger partial charge is 0.329 e. The molecule has 0 aliphatic carbocycles. The largest absolute Gasteiger partial charge is 0.478 e. The minimum Gasteiger partial charge on any atom is -0.478 e. The molecule has 1 unspecified atom stereocenters. The predicted octanol–water partition coefficient (Wildman–Crippen LogP) is 2.10. The van der Waals surface area contributed by atoms with Gasteiger partial charge in [-0.05, 0) is 39.0 Å². The van der Waals surface area contributed by atoms with E-state index in [1.807, 2.05) is 0 Å². The summed E-state index contributed by atoms with van der Waals surface area (Å²) < 4.78 is 6.79. The van der Waals surface area contributed by atoms with Crippen molar-refractivity contribution in [2.75, 3.05) is 0 Å². The maximum absolute atomic E-state index is 11.8. The lowest BCUT2D eigenvalue weighted by Crippen LogP contribution is -2.22. The molecule has 1 heterocycles. The maximum atomic E-state index is 11.8. The van der Waals surface area contributed by atoms with Gasteiger partial charge in [-0.3, -0.25) is 0 Å². The number of esters is 1. The van der Waals surface area contributed by atoms with E-state index in [-0.39, 0.29) is 12.1 Å². The van der Waals surface area contributed by atoms with Crippen LogP contribution in [0.1, 0.15) is 32.5 Å². The number of hydrogen-bond donors (Lipinski definition) is 1. The standard InChI is InChI=1S/C13H17NO4/c1-9(2)18-13(17)10(3)14-8-4-5-11(14)6-7-12(15)16/h4-10H,1-3H3,(H,15,16)/b7-6+. The van der Waals surface area contributed by atoms with Gasteiger partial charge < -0.3 is 14.4 Å². The van der Waals surface area contributed by atoms with Crippen LogP contribution in [0, 0.1) is 0 Å². The van der Waals surface area contributed by atoms with E-state index in [1.165, 1.54) is 6.08 Å². The van der Waals surface area contributed by atoms with Gasteiger partial charge in [0.05, 0.1) is 6.10 Å². The lowest BCUT2D eigenvalue weighted by Gasteiger charge is -2.17. The number of carboxylic acids is 1. The number of rotatable bonds is 5. The Morgan fingerprint density at radius 3 is 2.61 bits per heavy atom. The van der Waals surface area contributed by atoms with Crippen molar-refractivity contribution < 1.29 is 19.4 Å². The average Bonchev–Trinajstić information content (AvgIpc) is 2.72. The summed E-state index contributed by atoms with van der Waals surface area (Å²) in [6.45, 7) is 5.28. The van der Waals surface area contributed by atoms with Crippen LogP contribution in [0.3, 0.4) is 0 Å². The highest BCUT2D eigenvalue weighted by Crippen LogP contribution is 2.15. The third-order valence-corrected chi connectivity index (χ3v) is 2.32. The van der Waals surface area contributed by atoms with Gasteiger partial charge in [-0.25, -0.2) is 9.59 Å². The molecule has 0 aromatic carbocycles. The van der Waals surface area contributed by atoms with Gasteiger partial charge in [-0.1, -0.05) is 0 Å². The van der Waals surface area contributed by atoms with Gasteiger partial charge in [0.25, 0.3) is 0 Å². The van der Waals surface area contributed by atoms with Crippen molar-refractivity contribution in [3.05, 3.63) is 30.1 Å². The first-order chi connectivity index (χ1) is 8.41. The fourth-order valence-corrected chi connectivity index (χ4v) is 1.50. The molecule has 0 radical (unpaired) electrons. The first-order valence-corrected chi connectivity index (χ1v) is 5.70. The molecule has 0 amide bonds. The number of aliphatic carboxylic acids is 1. The molecule has 1 N–H and O–H groups in total. The molecule has 18 heavy (non-hydrogen) atoms. The third kappa shape index (κ3) is 3.76. The van der Waals surface area contributed by atoms with Crippen molar-refractivity contribution in [3.8, 4) is 0 Å². The zero-order valence-electron chi connectivity index (χ0n) is 10.7. The van der Waals surface area contributed by atoms with Crippen molar-refractivity contribution in [1.82, 2.24) is 4.57 Å². The maximum Gasteiger partial charge on any atom is 0.329 e. The zero-order chi connectivity index (χ0) is 13.7. The lowest BCUT2D eigenvalue weighted by atomic mass is 10.3. The molecule has 0 fully saturated rings. The van der Waals surface area contributed by atoms with Gasteiger partial charge in [-0.15, -0.1) is 0 Å². The molecule has 0 saturated carbocycles. The summed E-state index contributed by atoms with van der Waals surface area (Å²) in [6.07, 6.45) is 4.02. The van der Waals surface area contributed by atoms with Crippen LogP contribution in [0.25, 0.3) is 6.08 Å². The number of carbonyl (C=O) groups is 2. The Morgan fingerprint density at radius 1 is 1.39 bits per heavy atom. The van der Waals surface area contributed by atoms with Gasteiger partial charge in [-0.2, -0.15) is 0 Å². The van der Waals surface area contributed by atoms with E-state index in [1.54, 1.807) is 43.7 Å². The van der Waals surface area contributed by atoms with Crippen molar-refractivity contribution in [1.29, 1.82) is 0 Å². The van der Waals surface area contributed by atoms with E-state index in [0.29, 0.717) is 5.69 Å². The molecule has 5 nitrogen and oxygen atoms in total. The fourth-order valence-electron chi connectivity index (χ4n) is 1.50. The van der Waals surface area contributed by atoms with Crippen molar-refractivity contribution in [2.45, 2.75) is 32.9 Å². The molecule has 1 atom stereocenters. The Balaban J connectivity index is 2.86. The summed E-state index contributed by atoms with van der Waals surface area (Å²) >= 11 is 0. The van der Waals surface area contributed by atoms with Crippen molar-refractivity contribution in [3.63, 3.8) is 0 Å². The Kier molecular flexibility index (Phi) is 4.71. The van der Waals surface area contributed by atoms with E-state index in [9.17, 15) is 9.59 Å². The number of hydrogen-bond acceptors (Lipinski definition) is 3. The Hall–Kier alpha value is -2.04. The van der Waals surface area contributed by atoms with E-state index in [2.05, 4.69) is 0 Å². The van der Waals surface area contributed by atoms with Gasteiger partial charge in [0.15, 0.2) is 0 Å². The van der Waals surface area contributed by atoms with Gasteiger partial charge in [0.2, 0.25) is 0 Å². The molecule has 0 aliphatic heterocycles. The number of carboxylic acid groups (broad SMARTS) is 1. The van der Waals surface area contributed by atoms with Crippen LogP contribution in [0.15, 0.2) is 24.4 Å². The summed E-state index contributed by atoms with van der Waals surface area (Å²) in [7, 11) is 0. The third-order valence-electron chi connectivity index (χ3n) is 2.32. The highest BCUT2D eigenvalue weighted by atomic mass is 16.5. The first-order valence-electron chi connectivity index (χ1n) is 5.70. The van der Waals surface area contributed by atoms with Crippen LogP contribution in [0.2, 0.25) is 0 Å². The van der Waals surface area contributed by atoms with Crippen LogP contribution in [-0.2, 0) is 14.3 Å². The molecule has 98 valence electrons. The topological polar surface area (TPSA) is 68.5 Å². The second kappa shape index (κ2) is 6.05. The lowest BCUT2D eigenvalue weighted by molar-refractivity contribution is -0.150. The molecule has 0 saturated heterocycles. The van der Waals surface area contributed by atoms with E-state index < -0.39 is 12.0 Å². The monoisotopic (exact) mass is 251 g/mol. The highest BCUT2D eigenvalue weighted by Gasteiger charge is 2.18. The second-order valence-electron chi connectivity index (χ2n) is 4.17. The molecular weight excluding hydrogens is 234 g/mol. The van der Waals surface area contributed by atoms with Crippen LogP contribution in [-0.4, -0.2) is 27.7 Å². The SMILES string of the molecule is CC(C)OC(=O)C(C)n1cccc1/C=C/C(=O)O. The minimum atomic E-state index is -1.03. The fraction of sp³-hybridized carbons (Fsp3) is 0.385. The molecule has 0 bridgehead atoms. The van der Waals surface area contributed by atoms with Crippen molar-refractivity contribution >= 4 is 18.0 Å². The van der Waals surface area contributed by atoms with E-state index in [4.69, 9.17) is 9.84 Å². The number of aromatic nitrogens is 1. The summed E-state index contributed by atoms with van der Waals surface area (Å²) in [5.74, 6) is -1.37. The number of carbonyl (C=O) groups excluding carboxylic acids is 1. The molecule has 0 aliphatic rings. The van der Waals surface area contributed by atoms with Crippen LogP contribution < -0.4 is 0 Å². The Morgan fingerprint density at radius 2 is 2.06 bits per heavy atom. The average molecular weight is 251 g/mol. The molecular formula is C13H17NO4. The second-order valence-corrected chi connectivity index (χ2v) is 4.17. The summed E-state index contributed by atoms with van der Waals surface area (Å²) in [5.41, 5.74) is 0.644.